The first-order valence-electron chi connectivity index (χ1n) is 9.94. The molecule has 0 amide bonds. The summed E-state index contributed by atoms with van der Waals surface area (Å²) in [6, 6.07) is 0. The van der Waals surface area contributed by atoms with Crippen LogP contribution in [0.3, 0.4) is 0 Å². The molecule has 0 aliphatic heterocycles. The van der Waals surface area contributed by atoms with E-state index in [4.69, 9.17) is 4.74 Å². The molecular formula is C22H34O4. The Kier molecular flexibility index (Phi) is 4.90. The Hall–Kier alpha value is -1.13. The topological polar surface area (TPSA) is 66.8 Å². The van der Waals surface area contributed by atoms with E-state index in [1.807, 2.05) is 0 Å². The zero-order valence-corrected chi connectivity index (χ0v) is 16.5. The standard InChI is InChI=1S/C22H34O4/c1-6-22(25)11-8-17-16(14(22)2)12-18(24)19-20(4,13-26-15(3)23)9-7-10-21(17,19)5/h6,16-19,24-25H,1-2,7-13H2,3-5H3/t16-,17-,18?,19?,20-,21+,22?/m0/s1. The Morgan fingerprint density at radius 2 is 2.04 bits per heavy atom. The molecule has 3 aliphatic carbocycles. The van der Waals surface area contributed by atoms with E-state index in [-0.39, 0.29) is 28.6 Å². The average molecular weight is 363 g/mol. The number of hydrogen-bond acceptors (Lipinski definition) is 4. The molecule has 0 spiro atoms. The van der Waals surface area contributed by atoms with Crippen molar-refractivity contribution >= 4 is 5.97 Å². The molecule has 4 heteroatoms. The zero-order valence-electron chi connectivity index (χ0n) is 16.5. The van der Waals surface area contributed by atoms with E-state index in [0.29, 0.717) is 25.4 Å². The summed E-state index contributed by atoms with van der Waals surface area (Å²) in [5, 5.41) is 22.0. The molecule has 4 nitrogen and oxygen atoms in total. The lowest BCUT2D eigenvalue weighted by molar-refractivity contribution is -0.189. The zero-order chi connectivity index (χ0) is 19.3. The molecule has 3 rings (SSSR count). The van der Waals surface area contributed by atoms with Gasteiger partial charge in [0.1, 0.15) is 5.60 Å². The third kappa shape index (κ3) is 2.86. The first-order valence-corrected chi connectivity index (χ1v) is 9.94. The molecule has 2 N–H and O–H groups in total. The minimum atomic E-state index is -1.01. The van der Waals surface area contributed by atoms with Crippen LogP contribution in [0.2, 0.25) is 0 Å². The summed E-state index contributed by atoms with van der Waals surface area (Å²) in [4.78, 5) is 11.4. The van der Waals surface area contributed by atoms with Gasteiger partial charge in [-0.1, -0.05) is 39.5 Å². The maximum atomic E-state index is 11.4. The van der Waals surface area contributed by atoms with Crippen LogP contribution in [0.5, 0.6) is 0 Å². The van der Waals surface area contributed by atoms with Gasteiger partial charge in [-0.3, -0.25) is 4.79 Å². The van der Waals surface area contributed by atoms with Gasteiger partial charge in [-0.15, -0.1) is 0 Å². The molecule has 0 aromatic carbocycles. The van der Waals surface area contributed by atoms with Crippen molar-refractivity contribution in [3.63, 3.8) is 0 Å². The minimum absolute atomic E-state index is 0.0408. The quantitative estimate of drug-likeness (QED) is 0.594. The highest BCUT2D eigenvalue weighted by molar-refractivity contribution is 5.65. The minimum Gasteiger partial charge on any atom is -0.465 e. The van der Waals surface area contributed by atoms with Crippen molar-refractivity contribution in [1.82, 2.24) is 0 Å². The first-order chi connectivity index (χ1) is 12.1. The monoisotopic (exact) mass is 362 g/mol. The molecule has 146 valence electrons. The van der Waals surface area contributed by atoms with E-state index in [9.17, 15) is 15.0 Å². The lowest BCUT2D eigenvalue weighted by atomic mass is 9.42. The van der Waals surface area contributed by atoms with E-state index in [1.165, 1.54) is 6.92 Å². The second kappa shape index (κ2) is 6.49. The van der Waals surface area contributed by atoms with Crippen LogP contribution in [-0.4, -0.2) is 34.5 Å². The second-order valence-electron chi connectivity index (χ2n) is 9.48. The number of rotatable bonds is 3. The highest BCUT2D eigenvalue weighted by Crippen LogP contribution is 2.65. The normalized spacial score (nSPS) is 48.3. The van der Waals surface area contributed by atoms with Gasteiger partial charge in [0.05, 0.1) is 12.7 Å². The van der Waals surface area contributed by atoms with Crippen LogP contribution in [0.1, 0.15) is 59.3 Å². The lowest BCUT2D eigenvalue weighted by Gasteiger charge is -2.63. The fourth-order valence-corrected chi connectivity index (χ4v) is 6.76. The van der Waals surface area contributed by atoms with Crippen molar-refractivity contribution in [3.05, 3.63) is 24.8 Å². The number of carbonyl (C=O) groups is 1. The van der Waals surface area contributed by atoms with Crippen LogP contribution in [0.25, 0.3) is 0 Å². The smallest absolute Gasteiger partial charge is 0.302 e. The number of aliphatic hydroxyl groups excluding tert-OH is 1. The first kappa shape index (κ1) is 19.6. The van der Waals surface area contributed by atoms with Gasteiger partial charge in [-0.25, -0.2) is 0 Å². The van der Waals surface area contributed by atoms with E-state index >= 15 is 0 Å². The summed E-state index contributed by atoms with van der Waals surface area (Å²) in [6.45, 7) is 14.3. The van der Waals surface area contributed by atoms with Crippen LogP contribution in [0, 0.1) is 28.6 Å². The SMILES string of the molecule is C=CC1(O)CC[C@H]2[C@@H](CC(O)C3[C@](C)(COC(C)=O)CCC[C@@]32C)C1=C. The van der Waals surface area contributed by atoms with Crippen LogP contribution in [-0.2, 0) is 9.53 Å². The summed E-state index contributed by atoms with van der Waals surface area (Å²) in [5.41, 5.74) is -0.452. The van der Waals surface area contributed by atoms with Gasteiger partial charge in [0.2, 0.25) is 0 Å². The molecule has 3 saturated carbocycles. The van der Waals surface area contributed by atoms with Crippen molar-refractivity contribution in [3.8, 4) is 0 Å². The number of aliphatic hydroxyl groups is 2. The molecule has 0 radical (unpaired) electrons. The predicted octanol–water partition coefficient (Wildman–Crippen LogP) is 3.63. The van der Waals surface area contributed by atoms with Crippen LogP contribution >= 0.6 is 0 Å². The van der Waals surface area contributed by atoms with E-state index < -0.39 is 11.7 Å². The number of hydrogen-bond donors (Lipinski definition) is 2. The third-order valence-corrected chi connectivity index (χ3v) is 7.92. The number of ether oxygens (including phenoxy) is 1. The molecule has 0 saturated heterocycles. The van der Waals surface area contributed by atoms with Gasteiger partial charge < -0.3 is 14.9 Å². The molecule has 0 bridgehead atoms. The molecule has 0 aromatic heterocycles. The summed E-state index contributed by atoms with van der Waals surface area (Å²) in [5.74, 6) is 0.329. The van der Waals surface area contributed by atoms with Gasteiger partial charge in [-0.2, -0.15) is 0 Å². The number of carbonyl (C=O) groups excluding carboxylic acids is 1. The summed E-state index contributed by atoms with van der Waals surface area (Å²) in [6.07, 6.45) is 6.40. The van der Waals surface area contributed by atoms with Crippen LogP contribution < -0.4 is 0 Å². The van der Waals surface area contributed by atoms with Gasteiger partial charge >= 0.3 is 5.97 Å². The van der Waals surface area contributed by atoms with E-state index in [2.05, 4.69) is 27.0 Å². The fourth-order valence-electron chi connectivity index (χ4n) is 6.76. The van der Waals surface area contributed by atoms with Crippen molar-refractivity contribution in [1.29, 1.82) is 0 Å². The van der Waals surface area contributed by atoms with Gasteiger partial charge in [0, 0.05) is 12.3 Å². The van der Waals surface area contributed by atoms with Crippen molar-refractivity contribution < 1.29 is 19.7 Å². The Morgan fingerprint density at radius 3 is 2.65 bits per heavy atom. The molecule has 26 heavy (non-hydrogen) atoms. The van der Waals surface area contributed by atoms with Crippen molar-refractivity contribution in [2.45, 2.75) is 71.0 Å². The lowest BCUT2D eigenvalue weighted by Crippen LogP contribution is -2.61. The largest absolute Gasteiger partial charge is 0.465 e. The average Bonchev–Trinajstić information content (AvgIpc) is 2.56. The summed E-state index contributed by atoms with van der Waals surface area (Å²) < 4.78 is 5.41. The fraction of sp³-hybridized carbons (Fsp3) is 0.773. The van der Waals surface area contributed by atoms with Crippen molar-refractivity contribution in [2.75, 3.05) is 6.61 Å². The van der Waals surface area contributed by atoms with Crippen LogP contribution in [0.15, 0.2) is 24.8 Å². The third-order valence-electron chi connectivity index (χ3n) is 7.92. The highest BCUT2D eigenvalue weighted by Gasteiger charge is 2.62. The Morgan fingerprint density at radius 1 is 1.35 bits per heavy atom. The van der Waals surface area contributed by atoms with Crippen LogP contribution in [0.4, 0.5) is 0 Å². The molecular weight excluding hydrogens is 328 g/mol. The molecule has 7 atom stereocenters. The van der Waals surface area contributed by atoms with E-state index in [0.717, 1.165) is 31.3 Å². The van der Waals surface area contributed by atoms with E-state index in [1.54, 1.807) is 6.08 Å². The van der Waals surface area contributed by atoms with Gasteiger partial charge in [-0.05, 0) is 60.8 Å². The molecule has 3 fully saturated rings. The Bertz CT molecular complexity index is 613. The summed E-state index contributed by atoms with van der Waals surface area (Å²) >= 11 is 0. The maximum Gasteiger partial charge on any atom is 0.302 e. The molecule has 0 heterocycles. The number of fused-ring (bicyclic) bond motifs is 3. The second-order valence-corrected chi connectivity index (χ2v) is 9.48. The molecule has 0 aromatic rings. The number of esters is 1. The molecule has 3 unspecified atom stereocenters. The molecule has 3 aliphatic rings. The van der Waals surface area contributed by atoms with Gasteiger partial charge in [0.15, 0.2) is 0 Å². The maximum absolute atomic E-state index is 11.4. The Labute approximate surface area is 157 Å². The predicted molar refractivity (Wildman–Crippen MR) is 101 cm³/mol. The van der Waals surface area contributed by atoms with Crippen molar-refractivity contribution in [2.24, 2.45) is 28.6 Å². The highest BCUT2D eigenvalue weighted by atomic mass is 16.5. The summed E-state index contributed by atoms with van der Waals surface area (Å²) in [7, 11) is 0. The van der Waals surface area contributed by atoms with Gasteiger partial charge in [0.25, 0.3) is 0 Å². The Balaban J connectivity index is 1.94.